The largest absolute Gasteiger partial charge is 0.378 e. The lowest BCUT2D eigenvalue weighted by atomic mass is 9.91. The number of anilines is 1. The van der Waals surface area contributed by atoms with E-state index in [1.54, 1.807) is 18.1 Å². The number of hydrogen-bond donors (Lipinski definition) is 2. The second-order valence-electron chi connectivity index (χ2n) is 9.87. The van der Waals surface area contributed by atoms with Crippen molar-refractivity contribution in [1.29, 1.82) is 0 Å². The molecule has 10 heteroatoms. The fraction of sp³-hybridized carbons (Fsp3) is 0.462. The summed E-state index contributed by atoms with van der Waals surface area (Å²) in [6.07, 6.45) is 4.28. The van der Waals surface area contributed by atoms with Gasteiger partial charge >= 0.3 is 0 Å². The van der Waals surface area contributed by atoms with Crippen LogP contribution < -0.4 is 5.32 Å². The summed E-state index contributed by atoms with van der Waals surface area (Å²) in [4.78, 5) is 30.6. The van der Waals surface area contributed by atoms with E-state index in [2.05, 4.69) is 15.2 Å². The van der Waals surface area contributed by atoms with E-state index in [4.69, 9.17) is 14.7 Å². The highest BCUT2D eigenvalue weighted by atomic mass is 32.1. The van der Waals surface area contributed by atoms with Gasteiger partial charge in [-0.3, -0.25) is 9.69 Å². The second-order valence-corrected chi connectivity index (χ2v) is 10.7. The molecule has 5 heterocycles. The molecule has 0 saturated carbocycles. The number of nitrogens with zero attached hydrogens (tertiary/aromatic N) is 5. The van der Waals surface area contributed by atoms with Gasteiger partial charge in [0.05, 0.1) is 24.9 Å². The number of likely N-dealkylation sites (N-methyl/N-ethyl adjacent to an activating group) is 1. The molecule has 188 valence electrons. The first-order valence-electron chi connectivity index (χ1n) is 12.5. The third-order valence-electron chi connectivity index (χ3n) is 7.52. The van der Waals surface area contributed by atoms with Crippen molar-refractivity contribution in [3.8, 4) is 22.0 Å². The molecule has 0 aliphatic carbocycles. The van der Waals surface area contributed by atoms with Crippen molar-refractivity contribution in [3.05, 3.63) is 47.5 Å². The van der Waals surface area contributed by atoms with Gasteiger partial charge in [-0.2, -0.15) is 0 Å². The third kappa shape index (κ3) is 4.39. The van der Waals surface area contributed by atoms with Crippen LogP contribution in [-0.2, 0) is 15.1 Å². The lowest BCUT2D eigenvalue weighted by molar-refractivity contribution is -0.143. The van der Waals surface area contributed by atoms with Crippen LogP contribution in [0.1, 0.15) is 24.8 Å². The number of carbonyl (C=O) groups excluding carboxylic acids is 1. The number of nitrogens with one attached hydrogen (secondary N) is 1. The van der Waals surface area contributed by atoms with Gasteiger partial charge in [0, 0.05) is 56.3 Å². The molecule has 6 rings (SSSR count). The topological polar surface area (TPSA) is 104 Å². The fourth-order valence-electron chi connectivity index (χ4n) is 5.15. The number of ether oxygens (including phenoxy) is 1. The molecule has 36 heavy (non-hydrogen) atoms. The second kappa shape index (κ2) is 9.51. The van der Waals surface area contributed by atoms with Crippen LogP contribution in [0.3, 0.4) is 0 Å². The lowest BCUT2D eigenvalue weighted by Crippen LogP contribution is -2.53. The van der Waals surface area contributed by atoms with E-state index < -0.39 is 5.60 Å². The van der Waals surface area contributed by atoms with E-state index >= 15 is 0 Å². The summed E-state index contributed by atoms with van der Waals surface area (Å²) >= 11 is 1.52. The molecule has 2 aromatic heterocycles. The molecule has 3 fully saturated rings. The van der Waals surface area contributed by atoms with Crippen LogP contribution in [-0.4, -0.2) is 87.7 Å². The van der Waals surface area contributed by atoms with E-state index in [9.17, 15) is 9.90 Å². The normalized spacial score (nSPS) is 23.7. The molecule has 1 aromatic carbocycles. The van der Waals surface area contributed by atoms with Crippen LogP contribution in [0.25, 0.3) is 22.0 Å². The predicted molar refractivity (Wildman–Crippen MR) is 138 cm³/mol. The molecule has 0 bridgehead atoms. The van der Waals surface area contributed by atoms with Gasteiger partial charge in [0.15, 0.2) is 5.60 Å². The van der Waals surface area contributed by atoms with Gasteiger partial charge < -0.3 is 20.1 Å². The van der Waals surface area contributed by atoms with Crippen molar-refractivity contribution >= 4 is 23.2 Å². The Hall–Kier alpha value is -2.92. The van der Waals surface area contributed by atoms with Crippen molar-refractivity contribution in [3.63, 3.8) is 0 Å². The Morgan fingerprint density at radius 2 is 1.97 bits per heavy atom. The van der Waals surface area contributed by atoms with Gasteiger partial charge in [-0.15, -0.1) is 11.3 Å². The Kier molecular flexibility index (Phi) is 6.20. The number of amides is 1. The van der Waals surface area contributed by atoms with E-state index in [1.807, 2.05) is 35.7 Å². The van der Waals surface area contributed by atoms with Gasteiger partial charge in [0.1, 0.15) is 10.7 Å². The number of likely N-dealkylation sites (tertiary alicyclic amines) is 2. The average molecular weight is 507 g/mol. The summed E-state index contributed by atoms with van der Waals surface area (Å²) in [6.45, 7) is 4.40. The quantitative estimate of drug-likeness (QED) is 0.526. The highest BCUT2D eigenvalue weighted by Gasteiger charge is 2.45. The highest BCUT2D eigenvalue weighted by Crippen LogP contribution is 2.36. The summed E-state index contributed by atoms with van der Waals surface area (Å²) in [5.41, 5.74) is 1.55. The molecular formula is C26H30N6O3S. The van der Waals surface area contributed by atoms with E-state index in [0.29, 0.717) is 36.6 Å². The minimum atomic E-state index is -1.47. The van der Waals surface area contributed by atoms with Crippen molar-refractivity contribution < 1.29 is 14.6 Å². The van der Waals surface area contributed by atoms with Gasteiger partial charge in [-0.1, -0.05) is 18.2 Å². The smallest absolute Gasteiger partial charge is 0.258 e. The molecular weight excluding hydrogens is 476 g/mol. The molecule has 1 amide bonds. The molecule has 0 spiro atoms. The Morgan fingerprint density at radius 3 is 2.69 bits per heavy atom. The maximum absolute atomic E-state index is 12.5. The number of carbonyl (C=O) groups is 1. The number of hydrogen-bond acceptors (Lipinski definition) is 9. The van der Waals surface area contributed by atoms with Crippen LogP contribution in [0.2, 0.25) is 0 Å². The molecule has 2 N–H and O–H groups in total. The van der Waals surface area contributed by atoms with E-state index in [-0.39, 0.29) is 5.91 Å². The summed E-state index contributed by atoms with van der Waals surface area (Å²) in [7, 11) is 1.72. The molecule has 1 atom stereocenters. The number of aliphatic hydroxyl groups is 1. The van der Waals surface area contributed by atoms with Crippen molar-refractivity contribution in [2.24, 2.45) is 0 Å². The number of piperidine rings is 1. The van der Waals surface area contributed by atoms with E-state index in [1.165, 1.54) is 11.3 Å². The maximum atomic E-state index is 12.5. The van der Waals surface area contributed by atoms with Crippen LogP contribution in [0.4, 0.5) is 5.95 Å². The SMILES string of the molecule is CN1CC[C@@](O)(c2cccc(-c3nc(-c4ccnc(NC5CCN(C6COC6)CC5)n4)cs3)c2)C1=O. The standard InChI is InChI=1S/C26H30N6O3S/c1-31-12-8-26(34,24(31)33)18-4-2-3-17(13-18)23-29-22(16-36-23)21-5-9-27-25(30-21)28-19-6-10-32(11-7-19)20-14-35-15-20/h2-5,9,13,16,19-20,34H,6-8,10-12,14-15H2,1H3,(H,27,28,30)/t26-/m1/s1. The molecule has 0 unspecified atom stereocenters. The van der Waals surface area contributed by atoms with Crippen molar-refractivity contribution in [2.45, 2.75) is 36.9 Å². The minimum absolute atomic E-state index is 0.261. The zero-order chi connectivity index (χ0) is 24.7. The predicted octanol–water partition coefficient (Wildman–Crippen LogP) is 2.59. The third-order valence-corrected chi connectivity index (χ3v) is 8.41. The Balaban J connectivity index is 1.15. The summed E-state index contributed by atoms with van der Waals surface area (Å²) in [5.74, 6) is 0.365. The average Bonchev–Trinajstić information content (AvgIpc) is 3.47. The Morgan fingerprint density at radius 1 is 1.14 bits per heavy atom. The van der Waals surface area contributed by atoms with Crippen molar-refractivity contribution in [2.75, 3.05) is 45.2 Å². The maximum Gasteiger partial charge on any atom is 0.258 e. The Labute approximate surface area is 214 Å². The minimum Gasteiger partial charge on any atom is -0.378 e. The molecule has 3 saturated heterocycles. The molecule has 0 radical (unpaired) electrons. The molecule has 9 nitrogen and oxygen atoms in total. The summed E-state index contributed by atoms with van der Waals surface area (Å²) < 4.78 is 5.33. The first-order valence-corrected chi connectivity index (χ1v) is 13.3. The van der Waals surface area contributed by atoms with Gasteiger partial charge in [-0.05, 0) is 30.5 Å². The first-order chi connectivity index (χ1) is 17.5. The van der Waals surface area contributed by atoms with Crippen LogP contribution in [0.5, 0.6) is 0 Å². The number of aromatic nitrogens is 3. The van der Waals surface area contributed by atoms with Crippen LogP contribution in [0.15, 0.2) is 41.9 Å². The van der Waals surface area contributed by atoms with Crippen LogP contribution >= 0.6 is 11.3 Å². The number of benzene rings is 1. The molecule has 3 aromatic rings. The molecule has 3 aliphatic heterocycles. The number of rotatable bonds is 6. The molecule has 3 aliphatic rings. The zero-order valence-electron chi connectivity index (χ0n) is 20.3. The summed E-state index contributed by atoms with van der Waals surface area (Å²) in [5, 5.41) is 17.3. The van der Waals surface area contributed by atoms with Gasteiger partial charge in [0.25, 0.3) is 5.91 Å². The van der Waals surface area contributed by atoms with E-state index in [0.717, 1.165) is 61.1 Å². The first kappa shape index (κ1) is 23.5. The monoisotopic (exact) mass is 506 g/mol. The van der Waals surface area contributed by atoms with Gasteiger partial charge in [0.2, 0.25) is 5.95 Å². The Bertz CT molecular complexity index is 1260. The fourth-order valence-corrected chi connectivity index (χ4v) is 5.96. The summed E-state index contributed by atoms with van der Waals surface area (Å²) in [6, 6.07) is 10.3. The van der Waals surface area contributed by atoms with Crippen LogP contribution in [0, 0.1) is 0 Å². The lowest BCUT2D eigenvalue weighted by Gasteiger charge is -2.41. The van der Waals surface area contributed by atoms with Gasteiger partial charge in [-0.25, -0.2) is 15.0 Å². The highest BCUT2D eigenvalue weighted by molar-refractivity contribution is 7.13. The number of thiazole rings is 1. The van der Waals surface area contributed by atoms with Crippen molar-refractivity contribution in [1.82, 2.24) is 24.8 Å². The zero-order valence-corrected chi connectivity index (χ0v) is 21.1.